The Morgan fingerprint density at radius 1 is 1.14 bits per heavy atom. The molecule has 2 aliphatic heterocycles. The first kappa shape index (κ1) is 20.4. The molecular formula is C20H19BrN2O4S2. The monoisotopic (exact) mass is 494 g/mol. The van der Waals surface area contributed by atoms with Gasteiger partial charge in [-0.3, -0.25) is 9.79 Å². The summed E-state index contributed by atoms with van der Waals surface area (Å²) in [5.41, 5.74) is 1.79. The van der Waals surface area contributed by atoms with Gasteiger partial charge in [-0.2, -0.15) is 0 Å². The standard InChI is InChI=1S/C20H19BrN2O4S2/c21-15-6-8-16(9-7-15)23-18-13-29(25,26)12-17(18)22-20(23)28-11-19(24)27-10-14-4-2-1-3-5-14/h1-9,17-18H,10-13H2/t17-,18-/m0/s1. The van der Waals surface area contributed by atoms with Gasteiger partial charge in [-0.25, -0.2) is 8.42 Å². The van der Waals surface area contributed by atoms with Gasteiger partial charge in [0.2, 0.25) is 0 Å². The highest BCUT2D eigenvalue weighted by Gasteiger charge is 2.47. The number of ether oxygens (including phenoxy) is 1. The third-order valence-corrected chi connectivity index (χ3v) is 7.94. The molecule has 4 rings (SSSR count). The molecule has 0 bridgehead atoms. The summed E-state index contributed by atoms with van der Waals surface area (Å²) < 4.78 is 30.4. The average Bonchev–Trinajstić information content (AvgIpc) is 3.17. The van der Waals surface area contributed by atoms with Gasteiger partial charge in [-0.05, 0) is 29.8 Å². The number of hydrogen-bond donors (Lipinski definition) is 0. The van der Waals surface area contributed by atoms with Crippen molar-refractivity contribution in [2.24, 2.45) is 4.99 Å². The van der Waals surface area contributed by atoms with Crippen molar-refractivity contribution in [3.8, 4) is 0 Å². The van der Waals surface area contributed by atoms with Crippen LogP contribution in [0.4, 0.5) is 5.69 Å². The third kappa shape index (κ3) is 4.84. The van der Waals surface area contributed by atoms with E-state index in [0.717, 1.165) is 15.7 Å². The number of benzene rings is 2. The average molecular weight is 495 g/mol. The first-order valence-corrected chi connectivity index (χ1v) is 12.7. The zero-order valence-electron chi connectivity index (χ0n) is 15.4. The van der Waals surface area contributed by atoms with Crippen molar-refractivity contribution in [2.75, 3.05) is 22.2 Å². The van der Waals surface area contributed by atoms with E-state index in [1.807, 2.05) is 59.5 Å². The number of rotatable bonds is 5. The van der Waals surface area contributed by atoms with Gasteiger partial charge in [0, 0.05) is 10.2 Å². The minimum Gasteiger partial charge on any atom is -0.460 e. The molecule has 1 saturated heterocycles. The minimum absolute atomic E-state index is 0.0488. The largest absolute Gasteiger partial charge is 0.460 e. The van der Waals surface area contributed by atoms with Gasteiger partial charge < -0.3 is 9.64 Å². The van der Waals surface area contributed by atoms with Crippen LogP contribution in [0.25, 0.3) is 0 Å². The second-order valence-electron chi connectivity index (χ2n) is 6.90. The Kier molecular flexibility index (Phi) is 5.98. The summed E-state index contributed by atoms with van der Waals surface area (Å²) in [7, 11) is -3.11. The molecule has 9 heteroatoms. The second kappa shape index (κ2) is 8.49. The van der Waals surface area contributed by atoms with Crippen LogP contribution in [0.1, 0.15) is 5.56 Å². The fourth-order valence-electron chi connectivity index (χ4n) is 3.44. The number of halogens is 1. The van der Waals surface area contributed by atoms with Gasteiger partial charge >= 0.3 is 5.97 Å². The summed E-state index contributed by atoms with van der Waals surface area (Å²) in [6, 6.07) is 16.6. The SMILES string of the molecule is O=C(CSC1=N[C@H]2CS(=O)(=O)C[C@@H]2N1c1ccc(Br)cc1)OCc1ccccc1. The highest BCUT2D eigenvalue weighted by Crippen LogP contribution is 2.35. The molecule has 0 spiro atoms. The normalized spacial score (nSPS) is 22.2. The van der Waals surface area contributed by atoms with E-state index >= 15 is 0 Å². The van der Waals surface area contributed by atoms with Gasteiger partial charge in [0.1, 0.15) is 6.61 Å². The summed E-state index contributed by atoms with van der Waals surface area (Å²) in [6.07, 6.45) is 0. The zero-order valence-corrected chi connectivity index (χ0v) is 18.6. The molecule has 0 aliphatic carbocycles. The Morgan fingerprint density at radius 3 is 2.59 bits per heavy atom. The first-order chi connectivity index (χ1) is 13.9. The lowest BCUT2D eigenvalue weighted by molar-refractivity contribution is -0.141. The van der Waals surface area contributed by atoms with Crippen molar-refractivity contribution < 1.29 is 17.9 Å². The van der Waals surface area contributed by atoms with E-state index in [1.54, 1.807) is 0 Å². The van der Waals surface area contributed by atoms with E-state index in [4.69, 9.17) is 4.74 Å². The van der Waals surface area contributed by atoms with Crippen molar-refractivity contribution in [3.63, 3.8) is 0 Å². The van der Waals surface area contributed by atoms with Crippen molar-refractivity contribution in [1.29, 1.82) is 0 Å². The number of aliphatic imine (C=N–C) groups is 1. The van der Waals surface area contributed by atoms with Gasteiger partial charge in [-0.15, -0.1) is 0 Å². The summed E-state index contributed by atoms with van der Waals surface area (Å²) in [6.45, 7) is 0.229. The quantitative estimate of drug-likeness (QED) is 0.593. The molecular weight excluding hydrogens is 476 g/mol. The number of carbonyl (C=O) groups is 1. The number of thioether (sulfide) groups is 1. The smallest absolute Gasteiger partial charge is 0.316 e. The lowest BCUT2D eigenvalue weighted by Crippen LogP contribution is -2.39. The molecule has 6 nitrogen and oxygen atoms in total. The predicted molar refractivity (Wildman–Crippen MR) is 119 cm³/mol. The summed E-state index contributed by atoms with van der Waals surface area (Å²) >= 11 is 4.71. The van der Waals surface area contributed by atoms with E-state index < -0.39 is 9.84 Å². The van der Waals surface area contributed by atoms with Crippen LogP contribution in [0, 0.1) is 0 Å². The number of hydrogen-bond acceptors (Lipinski definition) is 7. The van der Waals surface area contributed by atoms with Gasteiger partial charge in [0.25, 0.3) is 0 Å². The van der Waals surface area contributed by atoms with Crippen molar-refractivity contribution in [2.45, 2.75) is 18.7 Å². The van der Waals surface area contributed by atoms with Crippen LogP contribution >= 0.6 is 27.7 Å². The summed E-state index contributed by atoms with van der Waals surface area (Å²) in [5.74, 6) is -0.0975. The van der Waals surface area contributed by atoms with Crippen LogP contribution < -0.4 is 4.90 Å². The highest BCUT2D eigenvalue weighted by molar-refractivity contribution is 9.10. The maximum absolute atomic E-state index is 12.2. The molecule has 0 aromatic heterocycles. The van der Waals surface area contributed by atoms with Crippen molar-refractivity contribution in [1.82, 2.24) is 0 Å². The van der Waals surface area contributed by atoms with Crippen LogP contribution in [-0.4, -0.2) is 48.9 Å². The number of carbonyl (C=O) groups excluding carboxylic acids is 1. The van der Waals surface area contributed by atoms with Crippen LogP contribution in [0.5, 0.6) is 0 Å². The molecule has 0 saturated carbocycles. The molecule has 0 amide bonds. The Labute approximate surface area is 182 Å². The Bertz CT molecular complexity index is 1030. The number of amidine groups is 1. The predicted octanol–water partition coefficient (Wildman–Crippen LogP) is 3.27. The number of nitrogens with zero attached hydrogens (tertiary/aromatic N) is 2. The fourth-order valence-corrected chi connectivity index (χ4v) is 6.47. The molecule has 0 radical (unpaired) electrons. The summed E-state index contributed by atoms with van der Waals surface area (Å²) in [5, 5.41) is 0.661. The lowest BCUT2D eigenvalue weighted by Gasteiger charge is -2.26. The van der Waals surface area contributed by atoms with E-state index in [0.29, 0.717) is 5.17 Å². The summed E-state index contributed by atoms with van der Waals surface area (Å²) in [4.78, 5) is 18.8. The van der Waals surface area contributed by atoms with Gasteiger partial charge in [0.15, 0.2) is 15.0 Å². The first-order valence-electron chi connectivity index (χ1n) is 9.07. The molecule has 29 heavy (non-hydrogen) atoms. The molecule has 0 unspecified atom stereocenters. The highest BCUT2D eigenvalue weighted by atomic mass is 79.9. The maximum Gasteiger partial charge on any atom is 0.316 e. The molecule has 1 fully saturated rings. The van der Waals surface area contributed by atoms with Crippen LogP contribution in [0.2, 0.25) is 0 Å². The van der Waals surface area contributed by atoms with Crippen molar-refractivity contribution >= 4 is 54.4 Å². The number of sulfone groups is 1. The van der Waals surface area contributed by atoms with Crippen LogP contribution in [-0.2, 0) is 26.0 Å². The Morgan fingerprint density at radius 2 is 1.86 bits per heavy atom. The Hall–Kier alpha value is -1.84. The Balaban J connectivity index is 1.44. The lowest BCUT2D eigenvalue weighted by atomic mass is 10.1. The maximum atomic E-state index is 12.2. The molecule has 2 atom stereocenters. The number of anilines is 1. The molecule has 2 aromatic carbocycles. The van der Waals surface area contributed by atoms with E-state index in [1.165, 1.54) is 11.8 Å². The number of esters is 1. The molecule has 2 heterocycles. The van der Waals surface area contributed by atoms with E-state index in [2.05, 4.69) is 20.9 Å². The molecule has 0 N–H and O–H groups in total. The molecule has 152 valence electrons. The third-order valence-electron chi connectivity index (χ3n) is 4.77. The second-order valence-corrected chi connectivity index (χ2v) is 10.9. The molecule has 2 aromatic rings. The van der Waals surface area contributed by atoms with Crippen LogP contribution in [0.3, 0.4) is 0 Å². The van der Waals surface area contributed by atoms with Crippen LogP contribution in [0.15, 0.2) is 64.1 Å². The van der Waals surface area contributed by atoms with Gasteiger partial charge in [0.05, 0.1) is 29.3 Å². The van der Waals surface area contributed by atoms with Crippen molar-refractivity contribution in [3.05, 3.63) is 64.6 Å². The zero-order chi connectivity index (χ0) is 20.4. The number of fused-ring (bicyclic) bond motifs is 1. The van der Waals surface area contributed by atoms with Gasteiger partial charge in [-0.1, -0.05) is 58.0 Å². The topological polar surface area (TPSA) is 76.0 Å². The fraction of sp³-hybridized carbons (Fsp3) is 0.300. The minimum atomic E-state index is -3.11. The van der Waals surface area contributed by atoms with E-state index in [-0.39, 0.29) is 41.9 Å². The van der Waals surface area contributed by atoms with E-state index in [9.17, 15) is 13.2 Å². The molecule has 2 aliphatic rings.